The van der Waals surface area contributed by atoms with E-state index >= 15 is 0 Å². The van der Waals surface area contributed by atoms with Gasteiger partial charge in [0.25, 0.3) is 5.91 Å². The number of aryl methyl sites for hydroxylation is 1. The molecule has 0 bridgehead atoms. The quantitative estimate of drug-likeness (QED) is 0.882. The molecule has 0 radical (unpaired) electrons. The van der Waals surface area contributed by atoms with Crippen LogP contribution in [0.15, 0.2) is 28.7 Å². The molecule has 1 fully saturated rings. The lowest BCUT2D eigenvalue weighted by atomic mass is 10.0. The lowest BCUT2D eigenvalue weighted by molar-refractivity contribution is 0.0793. The lowest BCUT2D eigenvalue weighted by Crippen LogP contribution is -2.31. The van der Waals surface area contributed by atoms with E-state index in [0.717, 1.165) is 11.5 Å². The Morgan fingerprint density at radius 1 is 1.23 bits per heavy atom. The molecule has 0 spiro atoms. The van der Waals surface area contributed by atoms with E-state index in [4.69, 9.17) is 10.2 Å². The SMILES string of the molecule is CC(=O)c1ccc(C(=O)N2C[C@H](c3ccc(C)o3)[C@@H](N)C2)s1. The fraction of sp³-hybridized carbons (Fsp3) is 0.375. The highest BCUT2D eigenvalue weighted by molar-refractivity contribution is 7.15. The second-order valence-electron chi connectivity index (χ2n) is 5.65. The van der Waals surface area contributed by atoms with E-state index in [1.165, 1.54) is 18.3 Å². The van der Waals surface area contributed by atoms with E-state index in [0.29, 0.717) is 22.8 Å². The van der Waals surface area contributed by atoms with E-state index in [2.05, 4.69) is 0 Å². The number of Topliss-reactive ketones (excluding diaryl/α,β-unsaturated/α-hetero) is 1. The maximum atomic E-state index is 12.5. The Kier molecular flexibility index (Phi) is 3.88. The van der Waals surface area contributed by atoms with Crippen molar-refractivity contribution in [2.75, 3.05) is 13.1 Å². The van der Waals surface area contributed by atoms with Crippen LogP contribution in [0.3, 0.4) is 0 Å². The molecule has 6 heteroatoms. The van der Waals surface area contributed by atoms with Gasteiger partial charge in [0, 0.05) is 19.1 Å². The molecule has 2 N–H and O–H groups in total. The van der Waals surface area contributed by atoms with Crippen molar-refractivity contribution in [3.05, 3.63) is 45.5 Å². The monoisotopic (exact) mass is 318 g/mol. The average Bonchev–Trinajstić information content (AvgIpc) is 3.16. The average molecular weight is 318 g/mol. The number of ketones is 1. The summed E-state index contributed by atoms with van der Waals surface area (Å²) in [6.07, 6.45) is 0. The zero-order chi connectivity index (χ0) is 15.9. The van der Waals surface area contributed by atoms with E-state index in [1.54, 1.807) is 17.0 Å². The minimum atomic E-state index is -0.137. The van der Waals surface area contributed by atoms with Crippen LogP contribution in [-0.4, -0.2) is 35.7 Å². The van der Waals surface area contributed by atoms with Gasteiger partial charge in [0.2, 0.25) is 0 Å². The Bertz CT molecular complexity index is 719. The molecule has 5 nitrogen and oxygen atoms in total. The first kappa shape index (κ1) is 15.0. The number of thiophene rings is 1. The van der Waals surface area contributed by atoms with Gasteiger partial charge in [-0.15, -0.1) is 11.3 Å². The van der Waals surface area contributed by atoms with Gasteiger partial charge < -0.3 is 15.1 Å². The zero-order valence-electron chi connectivity index (χ0n) is 12.5. The molecule has 116 valence electrons. The molecule has 2 aromatic rings. The van der Waals surface area contributed by atoms with Crippen LogP contribution in [0.2, 0.25) is 0 Å². The van der Waals surface area contributed by atoms with Crippen molar-refractivity contribution in [2.24, 2.45) is 5.73 Å². The molecule has 0 unspecified atom stereocenters. The summed E-state index contributed by atoms with van der Waals surface area (Å²) in [5.74, 6) is 1.60. The topological polar surface area (TPSA) is 76.5 Å². The van der Waals surface area contributed by atoms with E-state index < -0.39 is 0 Å². The van der Waals surface area contributed by atoms with Crippen LogP contribution in [-0.2, 0) is 0 Å². The first-order chi connectivity index (χ1) is 10.5. The predicted octanol–water partition coefficient (Wildman–Crippen LogP) is 2.42. The lowest BCUT2D eigenvalue weighted by Gasteiger charge is -2.14. The molecule has 1 aliphatic rings. The van der Waals surface area contributed by atoms with Gasteiger partial charge in [-0.1, -0.05) is 0 Å². The van der Waals surface area contributed by atoms with Crippen molar-refractivity contribution in [3.8, 4) is 0 Å². The van der Waals surface area contributed by atoms with Gasteiger partial charge in [0.15, 0.2) is 5.78 Å². The third-order valence-electron chi connectivity index (χ3n) is 3.94. The molecule has 3 rings (SSSR count). The third-order valence-corrected chi connectivity index (χ3v) is 5.12. The van der Waals surface area contributed by atoms with Gasteiger partial charge in [-0.2, -0.15) is 0 Å². The summed E-state index contributed by atoms with van der Waals surface area (Å²) in [6, 6.07) is 7.10. The molecule has 1 saturated heterocycles. The van der Waals surface area contributed by atoms with E-state index in [-0.39, 0.29) is 23.7 Å². The fourth-order valence-corrected chi connectivity index (χ4v) is 3.62. The summed E-state index contributed by atoms with van der Waals surface area (Å²) in [4.78, 5) is 26.8. The molecular formula is C16H18N2O3S. The largest absolute Gasteiger partial charge is 0.466 e. The Morgan fingerprint density at radius 3 is 2.55 bits per heavy atom. The van der Waals surface area contributed by atoms with Crippen molar-refractivity contribution in [2.45, 2.75) is 25.8 Å². The maximum Gasteiger partial charge on any atom is 0.264 e. The zero-order valence-corrected chi connectivity index (χ0v) is 13.4. The van der Waals surface area contributed by atoms with Gasteiger partial charge in [-0.05, 0) is 38.1 Å². The summed E-state index contributed by atoms with van der Waals surface area (Å²) in [6.45, 7) is 4.43. The van der Waals surface area contributed by atoms with Crippen LogP contribution in [0.1, 0.15) is 43.7 Å². The van der Waals surface area contributed by atoms with Gasteiger partial charge in [0.1, 0.15) is 11.5 Å². The molecule has 0 aromatic carbocycles. The predicted molar refractivity (Wildman–Crippen MR) is 84.4 cm³/mol. The van der Waals surface area contributed by atoms with Crippen LogP contribution in [0.4, 0.5) is 0 Å². The molecule has 22 heavy (non-hydrogen) atoms. The first-order valence-electron chi connectivity index (χ1n) is 7.17. The minimum Gasteiger partial charge on any atom is -0.466 e. The number of nitrogens with two attached hydrogens (primary N) is 1. The van der Waals surface area contributed by atoms with Crippen LogP contribution in [0.5, 0.6) is 0 Å². The highest BCUT2D eigenvalue weighted by atomic mass is 32.1. The number of carbonyl (C=O) groups is 2. The number of amides is 1. The van der Waals surface area contributed by atoms with Crippen molar-refractivity contribution in [3.63, 3.8) is 0 Å². The highest BCUT2D eigenvalue weighted by Gasteiger charge is 2.36. The summed E-state index contributed by atoms with van der Waals surface area (Å²) in [5.41, 5.74) is 6.18. The van der Waals surface area contributed by atoms with E-state index in [9.17, 15) is 9.59 Å². The van der Waals surface area contributed by atoms with Crippen LogP contribution in [0.25, 0.3) is 0 Å². The van der Waals surface area contributed by atoms with Crippen molar-refractivity contribution >= 4 is 23.0 Å². The standard InChI is InChI=1S/C16H18N2O3S/c1-9-3-4-13(21-9)11-7-18(8-12(11)17)16(20)15-6-5-14(22-15)10(2)19/h3-6,11-12H,7-8,17H2,1-2H3/t11-,12-/m0/s1. The summed E-state index contributed by atoms with van der Waals surface area (Å²) in [5, 5.41) is 0. The van der Waals surface area contributed by atoms with Crippen molar-refractivity contribution in [1.82, 2.24) is 4.90 Å². The van der Waals surface area contributed by atoms with Crippen LogP contribution < -0.4 is 5.73 Å². The molecule has 2 atom stereocenters. The maximum absolute atomic E-state index is 12.5. The number of carbonyl (C=O) groups excluding carboxylic acids is 2. The van der Waals surface area contributed by atoms with Crippen molar-refractivity contribution in [1.29, 1.82) is 0 Å². The number of rotatable bonds is 3. The Hall–Kier alpha value is -1.92. The van der Waals surface area contributed by atoms with Gasteiger partial charge >= 0.3 is 0 Å². The fourth-order valence-electron chi connectivity index (χ4n) is 2.75. The molecule has 2 aromatic heterocycles. The number of hydrogen-bond acceptors (Lipinski definition) is 5. The summed E-state index contributed by atoms with van der Waals surface area (Å²) in [7, 11) is 0. The molecule has 1 aliphatic heterocycles. The number of nitrogens with zero attached hydrogens (tertiary/aromatic N) is 1. The van der Waals surface area contributed by atoms with Crippen molar-refractivity contribution < 1.29 is 14.0 Å². The minimum absolute atomic E-state index is 0.0184. The summed E-state index contributed by atoms with van der Waals surface area (Å²) < 4.78 is 5.65. The molecule has 0 saturated carbocycles. The van der Waals surface area contributed by atoms with Gasteiger partial charge in [-0.3, -0.25) is 9.59 Å². The normalized spacial score (nSPS) is 21.3. The third kappa shape index (κ3) is 2.71. The van der Waals surface area contributed by atoms with Gasteiger partial charge in [0.05, 0.1) is 15.7 Å². The number of furan rings is 1. The molecule has 3 heterocycles. The van der Waals surface area contributed by atoms with E-state index in [1.807, 2.05) is 19.1 Å². The number of likely N-dealkylation sites (tertiary alicyclic amines) is 1. The second-order valence-corrected chi connectivity index (χ2v) is 6.73. The van der Waals surface area contributed by atoms with Crippen LogP contribution >= 0.6 is 11.3 Å². The second kappa shape index (κ2) is 5.70. The molecule has 1 amide bonds. The number of hydrogen-bond donors (Lipinski definition) is 1. The Balaban J connectivity index is 1.75. The Morgan fingerprint density at radius 2 is 1.95 bits per heavy atom. The highest BCUT2D eigenvalue weighted by Crippen LogP contribution is 2.30. The van der Waals surface area contributed by atoms with Gasteiger partial charge in [-0.25, -0.2) is 0 Å². The molecule has 0 aliphatic carbocycles. The smallest absolute Gasteiger partial charge is 0.264 e. The van der Waals surface area contributed by atoms with Crippen LogP contribution in [0, 0.1) is 6.92 Å². The first-order valence-corrected chi connectivity index (χ1v) is 7.99. The summed E-state index contributed by atoms with van der Waals surface area (Å²) >= 11 is 1.23. The molecular weight excluding hydrogens is 300 g/mol. The Labute approximate surface area is 132 Å².